The Morgan fingerprint density at radius 3 is 2.61 bits per heavy atom. The highest BCUT2D eigenvalue weighted by atomic mass is 32.2. The van der Waals surface area contributed by atoms with Crippen molar-refractivity contribution in [2.45, 2.75) is 28.7 Å². The highest BCUT2D eigenvalue weighted by Crippen LogP contribution is 2.30. The number of benzene rings is 2. The summed E-state index contributed by atoms with van der Waals surface area (Å²) in [5.41, 5.74) is 1.58. The number of aliphatic hydroxyl groups is 1. The van der Waals surface area contributed by atoms with Gasteiger partial charge in [0.1, 0.15) is 5.82 Å². The van der Waals surface area contributed by atoms with E-state index in [2.05, 4.69) is 5.32 Å². The Balaban J connectivity index is 2.03. The van der Waals surface area contributed by atoms with Crippen LogP contribution in [0.2, 0.25) is 0 Å². The predicted octanol–water partition coefficient (Wildman–Crippen LogP) is 2.23. The van der Waals surface area contributed by atoms with Gasteiger partial charge < -0.3 is 10.4 Å². The molecular weight excluding hydrogens is 317 g/mol. The molecule has 0 bridgehead atoms. The molecule has 0 aliphatic carbocycles. The Morgan fingerprint density at radius 2 is 1.96 bits per heavy atom. The number of aliphatic hydroxyl groups excluding tert-OH is 1. The van der Waals surface area contributed by atoms with Crippen LogP contribution in [-0.4, -0.2) is 26.6 Å². The molecule has 2 N–H and O–H groups in total. The number of nitrogens with one attached hydrogen (secondary N) is 1. The SMILES string of the molecule is O=S(=O)(c1cccc(F)c1)c1ccc(C2CCNC2)c(CO)c1. The third-order valence-corrected chi connectivity index (χ3v) is 5.95. The van der Waals surface area contributed by atoms with Gasteiger partial charge in [0.2, 0.25) is 9.84 Å². The molecule has 4 nitrogen and oxygen atoms in total. The molecule has 0 saturated carbocycles. The summed E-state index contributed by atoms with van der Waals surface area (Å²) in [7, 11) is -3.80. The van der Waals surface area contributed by atoms with E-state index in [0.717, 1.165) is 31.1 Å². The molecule has 0 spiro atoms. The van der Waals surface area contributed by atoms with E-state index in [0.29, 0.717) is 5.56 Å². The van der Waals surface area contributed by atoms with Crippen LogP contribution in [0.5, 0.6) is 0 Å². The molecule has 1 aliphatic heterocycles. The minimum Gasteiger partial charge on any atom is -0.392 e. The minimum atomic E-state index is -3.80. The fourth-order valence-corrected chi connectivity index (χ4v) is 4.32. The van der Waals surface area contributed by atoms with Gasteiger partial charge in [-0.15, -0.1) is 0 Å². The number of hydrogen-bond donors (Lipinski definition) is 2. The molecule has 1 fully saturated rings. The number of hydrogen-bond acceptors (Lipinski definition) is 4. The van der Waals surface area contributed by atoms with Crippen molar-refractivity contribution < 1.29 is 17.9 Å². The minimum absolute atomic E-state index is 0.0712. The lowest BCUT2D eigenvalue weighted by atomic mass is 9.94. The summed E-state index contributed by atoms with van der Waals surface area (Å²) in [6, 6.07) is 9.73. The summed E-state index contributed by atoms with van der Waals surface area (Å²) in [5.74, 6) is -0.315. The van der Waals surface area contributed by atoms with Crippen LogP contribution in [0.3, 0.4) is 0 Å². The van der Waals surface area contributed by atoms with Gasteiger partial charge in [-0.25, -0.2) is 12.8 Å². The van der Waals surface area contributed by atoms with E-state index >= 15 is 0 Å². The summed E-state index contributed by atoms with van der Waals surface area (Å²) < 4.78 is 38.6. The van der Waals surface area contributed by atoms with Crippen molar-refractivity contribution in [3.8, 4) is 0 Å². The van der Waals surface area contributed by atoms with E-state index in [9.17, 15) is 17.9 Å². The van der Waals surface area contributed by atoms with E-state index in [1.807, 2.05) is 0 Å². The highest BCUT2D eigenvalue weighted by molar-refractivity contribution is 7.91. The molecule has 0 amide bonds. The quantitative estimate of drug-likeness (QED) is 0.899. The largest absolute Gasteiger partial charge is 0.392 e. The monoisotopic (exact) mass is 335 g/mol. The van der Waals surface area contributed by atoms with Crippen molar-refractivity contribution in [1.82, 2.24) is 5.32 Å². The first-order valence-corrected chi connectivity index (χ1v) is 8.96. The Kier molecular flexibility index (Phi) is 4.48. The zero-order valence-corrected chi connectivity index (χ0v) is 13.3. The van der Waals surface area contributed by atoms with Crippen molar-refractivity contribution in [3.63, 3.8) is 0 Å². The lowest BCUT2D eigenvalue weighted by Crippen LogP contribution is -2.10. The molecule has 3 rings (SSSR count). The van der Waals surface area contributed by atoms with Crippen LogP contribution >= 0.6 is 0 Å². The number of halogens is 1. The second-order valence-corrected chi connectivity index (χ2v) is 7.62. The van der Waals surface area contributed by atoms with Crippen LogP contribution in [0.4, 0.5) is 4.39 Å². The summed E-state index contributed by atoms with van der Waals surface area (Å²) >= 11 is 0. The van der Waals surface area contributed by atoms with E-state index in [4.69, 9.17) is 0 Å². The Morgan fingerprint density at radius 1 is 1.17 bits per heavy atom. The van der Waals surface area contributed by atoms with E-state index in [1.165, 1.54) is 30.3 Å². The van der Waals surface area contributed by atoms with Crippen LogP contribution < -0.4 is 5.32 Å². The molecule has 23 heavy (non-hydrogen) atoms. The van der Waals surface area contributed by atoms with Gasteiger partial charge in [0, 0.05) is 6.54 Å². The van der Waals surface area contributed by atoms with Gasteiger partial charge >= 0.3 is 0 Å². The number of sulfone groups is 1. The highest BCUT2D eigenvalue weighted by Gasteiger charge is 2.23. The first-order valence-electron chi connectivity index (χ1n) is 7.47. The molecule has 6 heteroatoms. The molecule has 2 aromatic rings. The van der Waals surface area contributed by atoms with E-state index < -0.39 is 15.7 Å². The molecule has 2 aromatic carbocycles. The summed E-state index contributed by atoms with van der Waals surface area (Å²) in [6.45, 7) is 1.51. The standard InChI is InChI=1S/C17H18FNO3S/c18-14-2-1-3-15(9-14)23(21,22)16-4-5-17(13(8-16)11-20)12-6-7-19-10-12/h1-5,8-9,12,19-20H,6-7,10-11H2. The third kappa shape index (κ3) is 3.15. The van der Waals surface area contributed by atoms with Crippen LogP contribution in [0, 0.1) is 5.82 Å². The molecule has 0 aromatic heterocycles. The third-order valence-electron chi connectivity index (χ3n) is 4.20. The van der Waals surface area contributed by atoms with Crippen LogP contribution in [0.15, 0.2) is 52.3 Å². The lowest BCUT2D eigenvalue weighted by Gasteiger charge is -2.15. The fraction of sp³-hybridized carbons (Fsp3) is 0.294. The van der Waals surface area contributed by atoms with Crippen molar-refractivity contribution in [2.75, 3.05) is 13.1 Å². The molecule has 122 valence electrons. The maximum atomic E-state index is 13.3. The normalized spacial score (nSPS) is 18.3. The topological polar surface area (TPSA) is 66.4 Å². The van der Waals surface area contributed by atoms with Crippen molar-refractivity contribution >= 4 is 9.84 Å². The molecule has 1 atom stereocenters. The molecular formula is C17H18FNO3S. The Hall–Kier alpha value is -1.76. The second-order valence-electron chi connectivity index (χ2n) is 5.67. The molecule has 0 radical (unpaired) electrons. The second kappa shape index (κ2) is 6.39. The van der Waals surface area contributed by atoms with Gasteiger partial charge in [-0.2, -0.15) is 0 Å². The average Bonchev–Trinajstić information content (AvgIpc) is 3.08. The van der Waals surface area contributed by atoms with Gasteiger partial charge in [0.25, 0.3) is 0 Å². The average molecular weight is 335 g/mol. The van der Waals surface area contributed by atoms with Crippen molar-refractivity contribution in [2.24, 2.45) is 0 Å². The van der Waals surface area contributed by atoms with Crippen LogP contribution in [0.1, 0.15) is 23.5 Å². The zero-order chi connectivity index (χ0) is 16.4. The summed E-state index contributed by atoms with van der Waals surface area (Å²) in [6.07, 6.45) is 0.961. The van der Waals surface area contributed by atoms with Crippen molar-refractivity contribution in [3.05, 3.63) is 59.4 Å². The zero-order valence-electron chi connectivity index (χ0n) is 12.5. The van der Waals surface area contributed by atoms with Crippen LogP contribution in [-0.2, 0) is 16.4 Å². The van der Waals surface area contributed by atoms with E-state index in [-0.39, 0.29) is 22.3 Å². The first kappa shape index (κ1) is 16.1. The summed E-state index contributed by atoms with van der Waals surface area (Å²) in [5, 5.41) is 12.9. The molecule has 1 heterocycles. The Labute approximate surface area is 134 Å². The molecule has 1 aliphatic rings. The lowest BCUT2D eigenvalue weighted by molar-refractivity contribution is 0.279. The van der Waals surface area contributed by atoms with Gasteiger partial charge in [0.05, 0.1) is 16.4 Å². The predicted molar refractivity (Wildman–Crippen MR) is 84.4 cm³/mol. The van der Waals surface area contributed by atoms with Gasteiger partial charge in [-0.1, -0.05) is 12.1 Å². The maximum absolute atomic E-state index is 13.3. The smallest absolute Gasteiger partial charge is 0.206 e. The number of rotatable bonds is 4. The van der Waals surface area contributed by atoms with Crippen molar-refractivity contribution in [1.29, 1.82) is 0 Å². The maximum Gasteiger partial charge on any atom is 0.206 e. The molecule has 1 unspecified atom stereocenters. The molecule has 1 saturated heterocycles. The van der Waals surface area contributed by atoms with Crippen LogP contribution in [0.25, 0.3) is 0 Å². The van der Waals surface area contributed by atoms with E-state index in [1.54, 1.807) is 6.07 Å². The first-order chi connectivity index (χ1) is 11.0. The van der Waals surface area contributed by atoms with Gasteiger partial charge in [-0.3, -0.25) is 0 Å². The van der Waals surface area contributed by atoms with Gasteiger partial charge in [-0.05, 0) is 60.3 Å². The fourth-order valence-electron chi connectivity index (χ4n) is 2.97. The summed E-state index contributed by atoms with van der Waals surface area (Å²) in [4.78, 5) is -0.0153. The Bertz CT molecular complexity index is 814. The van der Waals surface area contributed by atoms with Gasteiger partial charge in [0.15, 0.2) is 0 Å².